The zero-order chi connectivity index (χ0) is 12.3. The molecule has 0 aliphatic rings. The van der Waals surface area contributed by atoms with Crippen molar-refractivity contribution in [3.63, 3.8) is 0 Å². The number of aliphatic carboxylic acids is 1. The summed E-state index contributed by atoms with van der Waals surface area (Å²) in [6.45, 7) is -0.0305. The van der Waals surface area contributed by atoms with Gasteiger partial charge in [0.15, 0.2) is 0 Å². The van der Waals surface area contributed by atoms with Gasteiger partial charge >= 0.3 is 5.97 Å². The molecule has 0 saturated heterocycles. The summed E-state index contributed by atoms with van der Waals surface area (Å²) in [5.41, 5.74) is 10.2. The molecule has 0 aromatic carbocycles. The second-order valence-corrected chi connectivity index (χ2v) is 3.14. The van der Waals surface area contributed by atoms with Crippen LogP contribution < -0.4 is 11.5 Å². The van der Waals surface area contributed by atoms with Gasteiger partial charge in [-0.3, -0.25) is 9.78 Å². The van der Waals surface area contributed by atoms with Crippen LogP contribution >= 0.6 is 0 Å². The largest absolute Gasteiger partial charge is 0.481 e. The third-order valence-electron chi connectivity index (χ3n) is 1.99. The molecular weight excluding hydrogens is 220 g/mol. The SMILES string of the molecule is NCc1cc(N)c(CC(=O)O)c(C(F)F)n1. The number of hydrogen-bond acceptors (Lipinski definition) is 4. The van der Waals surface area contributed by atoms with Crippen LogP contribution in [-0.2, 0) is 17.8 Å². The van der Waals surface area contributed by atoms with Crippen molar-refractivity contribution >= 4 is 11.7 Å². The van der Waals surface area contributed by atoms with Crippen molar-refractivity contribution in [1.82, 2.24) is 4.98 Å². The summed E-state index contributed by atoms with van der Waals surface area (Å²) in [4.78, 5) is 14.1. The number of halogens is 2. The van der Waals surface area contributed by atoms with Gasteiger partial charge in [-0.1, -0.05) is 0 Å². The molecule has 0 aliphatic heterocycles. The highest BCUT2D eigenvalue weighted by molar-refractivity contribution is 5.73. The van der Waals surface area contributed by atoms with Gasteiger partial charge in [0.25, 0.3) is 6.43 Å². The molecule has 1 aromatic heterocycles. The Hall–Kier alpha value is -1.76. The highest BCUT2D eigenvalue weighted by atomic mass is 19.3. The Balaban J connectivity index is 3.27. The normalized spacial score (nSPS) is 10.8. The van der Waals surface area contributed by atoms with E-state index in [-0.39, 0.29) is 23.5 Å². The van der Waals surface area contributed by atoms with Crippen molar-refractivity contribution in [3.8, 4) is 0 Å². The van der Waals surface area contributed by atoms with Gasteiger partial charge in [0, 0.05) is 17.8 Å². The maximum absolute atomic E-state index is 12.6. The van der Waals surface area contributed by atoms with Crippen LogP contribution in [0, 0.1) is 0 Å². The molecule has 0 radical (unpaired) electrons. The van der Waals surface area contributed by atoms with Crippen LogP contribution in [0.5, 0.6) is 0 Å². The van der Waals surface area contributed by atoms with E-state index < -0.39 is 24.5 Å². The van der Waals surface area contributed by atoms with Crippen molar-refractivity contribution in [3.05, 3.63) is 23.0 Å². The highest BCUT2D eigenvalue weighted by Gasteiger charge is 2.20. The minimum absolute atomic E-state index is 0.0202. The first kappa shape index (κ1) is 12.3. The van der Waals surface area contributed by atoms with E-state index in [1.165, 1.54) is 6.07 Å². The molecule has 0 amide bonds. The molecule has 5 N–H and O–H groups in total. The molecule has 88 valence electrons. The molecule has 16 heavy (non-hydrogen) atoms. The lowest BCUT2D eigenvalue weighted by atomic mass is 10.1. The molecule has 1 aromatic rings. The molecule has 0 saturated carbocycles. The third-order valence-corrected chi connectivity index (χ3v) is 1.99. The lowest BCUT2D eigenvalue weighted by Gasteiger charge is -2.11. The van der Waals surface area contributed by atoms with Crippen molar-refractivity contribution in [2.24, 2.45) is 5.73 Å². The number of anilines is 1. The number of aromatic nitrogens is 1. The molecule has 7 heteroatoms. The summed E-state index contributed by atoms with van der Waals surface area (Å²) in [5.74, 6) is -1.24. The van der Waals surface area contributed by atoms with E-state index in [1.807, 2.05) is 0 Å². The number of nitrogen functional groups attached to an aromatic ring is 1. The summed E-state index contributed by atoms with van der Waals surface area (Å²) in [7, 11) is 0. The number of carbonyl (C=O) groups is 1. The second kappa shape index (κ2) is 4.84. The number of pyridine rings is 1. The van der Waals surface area contributed by atoms with Gasteiger partial charge in [-0.15, -0.1) is 0 Å². The molecule has 1 heterocycles. The van der Waals surface area contributed by atoms with Crippen molar-refractivity contribution in [2.45, 2.75) is 19.4 Å². The smallest absolute Gasteiger partial charge is 0.307 e. The Labute approximate surface area is 90.1 Å². The van der Waals surface area contributed by atoms with Gasteiger partial charge < -0.3 is 16.6 Å². The van der Waals surface area contributed by atoms with Crippen molar-refractivity contribution in [1.29, 1.82) is 0 Å². The number of carboxylic acids is 1. The van der Waals surface area contributed by atoms with Gasteiger partial charge in [0.2, 0.25) is 0 Å². The van der Waals surface area contributed by atoms with Crippen LogP contribution in [0.2, 0.25) is 0 Å². The average molecular weight is 231 g/mol. The minimum atomic E-state index is -2.87. The Bertz CT molecular complexity index is 410. The van der Waals surface area contributed by atoms with E-state index in [0.29, 0.717) is 0 Å². The van der Waals surface area contributed by atoms with Crippen molar-refractivity contribution < 1.29 is 18.7 Å². The lowest BCUT2D eigenvalue weighted by molar-refractivity contribution is -0.136. The topological polar surface area (TPSA) is 102 Å². The first-order chi connectivity index (χ1) is 7.45. The summed E-state index contributed by atoms with van der Waals surface area (Å²) in [5, 5.41) is 8.57. The van der Waals surface area contributed by atoms with E-state index >= 15 is 0 Å². The molecular formula is C9H11F2N3O2. The number of hydrogen-bond donors (Lipinski definition) is 3. The highest BCUT2D eigenvalue weighted by Crippen LogP contribution is 2.26. The quantitative estimate of drug-likeness (QED) is 0.707. The number of carboxylic acid groups (broad SMARTS) is 1. The predicted octanol–water partition coefficient (Wildman–Crippen LogP) is 0.687. The third kappa shape index (κ3) is 2.63. The first-order valence-corrected chi connectivity index (χ1v) is 4.43. The molecule has 0 spiro atoms. The molecule has 0 unspecified atom stereocenters. The van der Waals surface area contributed by atoms with Crippen LogP contribution in [0.25, 0.3) is 0 Å². The van der Waals surface area contributed by atoms with Crippen LogP contribution in [0.3, 0.4) is 0 Å². The lowest BCUT2D eigenvalue weighted by Crippen LogP contribution is -2.12. The second-order valence-electron chi connectivity index (χ2n) is 3.14. The van der Waals surface area contributed by atoms with Crippen LogP contribution in [0.4, 0.5) is 14.5 Å². The van der Waals surface area contributed by atoms with Crippen molar-refractivity contribution in [2.75, 3.05) is 5.73 Å². The summed E-state index contributed by atoms with van der Waals surface area (Å²) in [6.07, 6.45) is -3.45. The fraction of sp³-hybridized carbons (Fsp3) is 0.333. The fourth-order valence-electron chi connectivity index (χ4n) is 1.30. The minimum Gasteiger partial charge on any atom is -0.481 e. The van der Waals surface area contributed by atoms with E-state index in [0.717, 1.165) is 0 Å². The number of nitrogens with two attached hydrogens (primary N) is 2. The van der Waals surface area contributed by atoms with Gasteiger partial charge in [0.1, 0.15) is 5.69 Å². The van der Waals surface area contributed by atoms with Gasteiger partial charge in [0.05, 0.1) is 12.1 Å². The standard InChI is InChI=1S/C9H11F2N3O2/c10-9(11)8-5(2-7(15)16)6(13)1-4(3-12)14-8/h1,9H,2-3,12H2,(H2,13,14)(H,15,16). The van der Waals surface area contributed by atoms with Gasteiger partial charge in [-0.2, -0.15) is 0 Å². The Morgan fingerprint density at radius 3 is 2.62 bits per heavy atom. The average Bonchev–Trinajstić information content (AvgIpc) is 2.19. The van der Waals surface area contributed by atoms with E-state index in [9.17, 15) is 13.6 Å². The molecule has 0 fully saturated rings. The van der Waals surface area contributed by atoms with Crippen LogP contribution in [0.1, 0.15) is 23.4 Å². The van der Waals surface area contributed by atoms with Gasteiger partial charge in [-0.05, 0) is 6.07 Å². The molecule has 1 rings (SSSR count). The van der Waals surface area contributed by atoms with E-state index in [2.05, 4.69) is 4.98 Å². The summed E-state index contributed by atoms with van der Waals surface area (Å²) >= 11 is 0. The Kier molecular flexibility index (Phi) is 3.73. The zero-order valence-corrected chi connectivity index (χ0v) is 8.28. The Morgan fingerprint density at radius 1 is 1.56 bits per heavy atom. The summed E-state index contributed by atoms with van der Waals surface area (Å²) < 4.78 is 25.2. The number of alkyl halides is 2. The maximum Gasteiger partial charge on any atom is 0.307 e. The number of rotatable bonds is 4. The maximum atomic E-state index is 12.6. The van der Waals surface area contributed by atoms with E-state index in [4.69, 9.17) is 16.6 Å². The summed E-state index contributed by atoms with van der Waals surface area (Å²) in [6, 6.07) is 1.31. The van der Waals surface area contributed by atoms with Crippen LogP contribution in [-0.4, -0.2) is 16.1 Å². The van der Waals surface area contributed by atoms with Crippen LogP contribution in [0.15, 0.2) is 6.07 Å². The molecule has 0 aliphatic carbocycles. The molecule has 0 bridgehead atoms. The fourth-order valence-corrected chi connectivity index (χ4v) is 1.30. The van der Waals surface area contributed by atoms with E-state index in [1.54, 1.807) is 0 Å². The molecule has 0 atom stereocenters. The van der Waals surface area contributed by atoms with Gasteiger partial charge in [-0.25, -0.2) is 8.78 Å². The molecule has 5 nitrogen and oxygen atoms in total. The predicted molar refractivity (Wildman–Crippen MR) is 52.8 cm³/mol. The monoisotopic (exact) mass is 231 g/mol. The Morgan fingerprint density at radius 2 is 2.19 bits per heavy atom. The first-order valence-electron chi connectivity index (χ1n) is 4.43. The number of nitrogens with zero attached hydrogens (tertiary/aromatic N) is 1. The zero-order valence-electron chi connectivity index (χ0n) is 8.28.